The van der Waals surface area contributed by atoms with Crippen LogP contribution in [0.1, 0.15) is 30.0 Å². The fraction of sp³-hybridized carbons (Fsp3) is 0.348. The molecule has 8 nitrogen and oxygen atoms in total. The second kappa shape index (κ2) is 9.07. The number of ether oxygens (including phenoxy) is 2. The number of carbonyl (C=O) groups excluding carboxylic acids is 3. The SMILES string of the molecule is CCC1(c2ccc(OC)c(C)c2)NC(=O)N(CC(=O)NCc2ccccc2OC)C1=O. The fourth-order valence-corrected chi connectivity index (χ4v) is 3.80. The number of carbonyl (C=O) groups is 3. The summed E-state index contributed by atoms with van der Waals surface area (Å²) in [6.07, 6.45) is 0.350. The van der Waals surface area contributed by atoms with E-state index in [0.29, 0.717) is 23.5 Å². The smallest absolute Gasteiger partial charge is 0.325 e. The van der Waals surface area contributed by atoms with Gasteiger partial charge in [-0.3, -0.25) is 14.5 Å². The summed E-state index contributed by atoms with van der Waals surface area (Å²) in [5.41, 5.74) is 1.09. The number of imide groups is 1. The lowest BCUT2D eigenvalue weighted by atomic mass is 9.86. The summed E-state index contributed by atoms with van der Waals surface area (Å²) in [6.45, 7) is 3.55. The molecule has 1 saturated heterocycles. The van der Waals surface area contributed by atoms with Crippen LogP contribution in [0, 0.1) is 6.92 Å². The predicted octanol–water partition coefficient (Wildman–Crippen LogP) is 2.49. The molecule has 0 aromatic heterocycles. The molecule has 0 saturated carbocycles. The van der Waals surface area contributed by atoms with E-state index in [-0.39, 0.29) is 13.1 Å². The Morgan fingerprint density at radius 3 is 2.45 bits per heavy atom. The predicted molar refractivity (Wildman–Crippen MR) is 115 cm³/mol. The summed E-state index contributed by atoms with van der Waals surface area (Å²) in [5, 5.41) is 5.53. The highest BCUT2D eigenvalue weighted by atomic mass is 16.5. The lowest BCUT2D eigenvalue weighted by Gasteiger charge is -2.26. The van der Waals surface area contributed by atoms with E-state index in [1.54, 1.807) is 32.4 Å². The molecular formula is C23H27N3O5. The van der Waals surface area contributed by atoms with Gasteiger partial charge in [0.1, 0.15) is 23.6 Å². The van der Waals surface area contributed by atoms with Crippen molar-refractivity contribution in [3.8, 4) is 11.5 Å². The van der Waals surface area contributed by atoms with Gasteiger partial charge in [0.25, 0.3) is 5.91 Å². The van der Waals surface area contributed by atoms with E-state index in [4.69, 9.17) is 9.47 Å². The average Bonchev–Trinajstić information content (AvgIpc) is 3.02. The zero-order valence-corrected chi connectivity index (χ0v) is 18.2. The minimum Gasteiger partial charge on any atom is -0.496 e. The van der Waals surface area contributed by atoms with E-state index in [9.17, 15) is 14.4 Å². The van der Waals surface area contributed by atoms with Crippen LogP contribution in [0.3, 0.4) is 0 Å². The quantitative estimate of drug-likeness (QED) is 0.634. The Bertz CT molecular complexity index is 1010. The maximum absolute atomic E-state index is 13.3. The van der Waals surface area contributed by atoms with Crippen LogP contribution in [0.5, 0.6) is 11.5 Å². The van der Waals surface area contributed by atoms with Gasteiger partial charge in [0.05, 0.1) is 14.2 Å². The van der Waals surface area contributed by atoms with Gasteiger partial charge >= 0.3 is 6.03 Å². The van der Waals surface area contributed by atoms with Crippen LogP contribution in [0.25, 0.3) is 0 Å². The van der Waals surface area contributed by atoms with Gasteiger partial charge in [-0.05, 0) is 42.7 Å². The Hall–Kier alpha value is -3.55. The van der Waals surface area contributed by atoms with Gasteiger partial charge in [-0.25, -0.2) is 4.79 Å². The van der Waals surface area contributed by atoms with Gasteiger partial charge in [-0.1, -0.05) is 31.2 Å². The van der Waals surface area contributed by atoms with Crippen LogP contribution >= 0.6 is 0 Å². The number of para-hydroxylation sites is 1. The highest BCUT2D eigenvalue weighted by Crippen LogP contribution is 2.34. The lowest BCUT2D eigenvalue weighted by Crippen LogP contribution is -2.44. The molecule has 1 atom stereocenters. The molecule has 0 bridgehead atoms. The van der Waals surface area contributed by atoms with Crippen LogP contribution in [0.15, 0.2) is 42.5 Å². The Balaban J connectivity index is 1.74. The summed E-state index contributed by atoms with van der Waals surface area (Å²) in [6, 6.07) is 12.1. The topological polar surface area (TPSA) is 97.0 Å². The van der Waals surface area contributed by atoms with Crippen molar-refractivity contribution in [3.05, 3.63) is 59.2 Å². The van der Waals surface area contributed by atoms with Crippen molar-refractivity contribution >= 4 is 17.8 Å². The van der Waals surface area contributed by atoms with Crippen LogP contribution < -0.4 is 20.1 Å². The highest BCUT2D eigenvalue weighted by molar-refractivity contribution is 6.09. The molecule has 2 aromatic rings. The first-order valence-electron chi connectivity index (χ1n) is 10.0. The zero-order chi connectivity index (χ0) is 22.6. The molecule has 1 heterocycles. The molecule has 164 valence electrons. The second-order valence-electron chi connectivity index (χ2n) is 7.35. The first-order chi connectivity index (χ1) is 14.9. The van der Waals surface area contributed by atoms with Crippen molar-refractivity contribution in [3.63, 3.8) is 0 Å². The van der Waals surface area contributed by atoms with Gasteiger partial charge in [0.15, 0.2) is 0 Å². The van der Waals surface area contributed by atoms with Crippen molar-refractivity contribution in [1.29, 1.82) is 0 Å². The summed E-state index contributed by atoms with van der Waals surface area (Å²) in [5.74, 6) is 0.459. The van der Waals surface area contributed by atoms with Crippen LogP contribution in [-0.4, -0.2) is 43.5 Å². The van der Waals surface area contributed by atoms with Gasteiger partial charge < -0.3 is 20.1 Å². The summed E-state index contributed by atoms with van der Waals surface area (Å²) < 4.78 is 10.6. The van der Waals surface area contributed by atoms with Crippen LogP contribution in [-0.2, 0) is 21.7 Å². The van der Waals surface area contributed by atoms with Crippen LogP contribution in [0.2, 0.25) is 0 Å². The molecule has 1 aliphatic heterocycles. The highest BCUT2D eigenvalue weighted by Gasteiger charge is 2.51. The Morgan fingerprint density at radius 2 is 1.81 bits per heavy atom. The van der Waals surface area contributed by atoms with E-state index in [1.165, 1.54) is 0 Å². The van der Waals surface area contributed by atoms with E-state index in [2.05, 4.69) is 10.6 Å². The third kappa shape index (κ3) is 4.19. The minimum absolute atomic E-state index is 0.225. The van der Waals surface area contributed by atoms with E-state index in [1.807, 2.05) is 38.1 Å². The van der Waals surface area contributed by atoms with Gasteiger partial charge in [0.2, 0.25) is 5.91 Å². The number of hydrogen-bond acceptors (Lipinski definition) is 5. The van der Waals surface area contributed by atoms with Crippen molar-refractivity contribution in [2.24, 2.45) is 0 Å². The number of aryl methyl sites for hydroxylation is 1. The number of methoxy groups -OCH3 is 2. The number of amides is 4. The molecule has 0 aliphatic carbocycles. The first-order valence-corrected chi connectivity index (χ1v) is 10.0. The van der Waals surface area contributed by atoms with Gasteiger partial charge in [-0.15, -0.1) is 0 Å². The number of nitrogens with zero attached hydrogens (tertiary/aromatic N) is 1. The number of hydrogen-bond donors (Lipinski definition) is 2. The van der Waals surface area contributed by atoms with E-state index >= 15 is 0 Å². The normalized spacial score (nSPS) is 18.0. The standard InChI is InChI=1S/C23H27N3O5/c1-5-23(17-10-11-18(30-3)15(2)12-17)21(28)26(22(29)25-23)14-20(27)24-13-16-8-6-7-9-19(16)31-4/h6-12H,5,13-14H2,1-4H3,(H,24,27)(H,25,29). The maximum Gasteiger partial charge on any atom is 0.325 e. The molecule has 1 aliphatic rings. The van der Waals surface area contributed by atoms with Gasteiger partial charge in [0, 0.05) is 12.1 Å². The van der Waals surface area contributed by atoms with Crippen molar-refractivity contribution in [2.75, 3.05) is 20.8 Å². The number of rotatable bonds is 8. The van der Waals surface area contributed by atoms with Crippen LogP contribution in [0.4, 0.5) is 4.79 Å². The average molecular weight is 425 g/mol. The third-order valence-electron chi connectivity index (χ3n) is 5.56. The molecule has 3 rings (SSSR count). The molecule has 31 heavy (non-hydrogen) atoms. The summed E-state index contributed by atoms with van der Waals surface area (Å²) in [4.78, 5) is 39.3. The number of urea groups is 1. The minimum atomic E-state index is -1.21. The zero-order valence-electron chi connectivity index (χ0n) is 18.2. The van der Waals surface area contributed by atoms with E-state index in [0.717, 1.165) is 16.0 Å². The Morgan fingerprint density at radius 1 is 1.10 bits per heavy atom. The molecule has 0 radical (unpaired) electrons. The van der Waals surface area contributed by atoms with Crippen molar-refractivity contribution in [1.82, 2.24) is 15.5 Å². The Labute approximate surface area is 181 Å². The summed E-state index contributed by atoms with van der Waals surface area (Å²) in [7, 11) is 3.13. The maximum atomic E-state index is 13.3. The molecule has 2 N–H and O–H groups in total. The molecule has 2 aromatic carbocycles. The van der Waals surface area contributed by atoms with Gasteiger partial charge in [-0.2, -0.15) is 0 Å². The monoisotopic (exact) mass is 425 g/mol. The molecule has 1 unspecified atom stereocenters. The third-order valence-corrected chi connectivity index (χ3v) is 5.56. The number of benzene rings is 2. The fourth-order valence-electron chi connectivity index (χ4n) is 3.80. The molecular weight excluding hydrogens is 398 g/mol. The summed E-state index contributed by atoms with van der Waals surface area (Å²) >= 11 is 0. The molecule has 8 heteroatoms. The van der Waals surface area contributed by atoms with E-state index < -0.39 is 23.4 Å². The van der Waals surface area contributed by atoms with Crippen molar-refractivity contribution in [2.45, 2.75) is 32.4 Å². The molecule has 4 amide bonds. The molecule has 0 spiro atoms. The lowest BCUT2D eigenvalue weighted by molar-refractivity contribution is -0.135. The Kier molecular flexibility index (Phi) is 6.48. The largest absolute Gasteiger partial charge is 0.496 e. The first kappa shape index (κ1) is 22.1. The number of nitrogens with one attached hydrogen (secondary N) is 2. The van der Waals surface area contributed by atoms with Crippen molar-refractivity contribution < 1.29 is 23.9 Å². The molecule has 1 fully saturated rings. The second-order valence-corrected chi connectivity index (χ2v) is 7.35.